The molecular formula is C13H22N2O2. The van der Waals surface area contributed by atoms with Gasteiger partial charge in [-0.3, -0.25) is 4.98 Å². The SMILES string of the molecule is CCNc1cncc(OCCOC(C)(C)C)c1. The quantitative estimate of drug-likeness (QED) is 0.774. The highest BCUT2D eigenvalue weighted by atomic mass is 16.5. The molecule has 96 valence electrons. The molecule has 0 unspecified atom stereocenters. The summed E-state index contributed by atoms with van der Waals surface area (Å²) >= 11 is 0. The Balaban J connectivity index is 2.34. The number of hydrogen-bond donors (Lipinski definition) is 1. The highest BCUT2D eigenvalue weighted by molar-refractivity contribution is 5.44. The largest absolute Gasteiger partial charge is 0.489 e. The van der Waals surface area contributed by atoms with Gasteiger partial charge in [0.25, 0.3) is 0 Å². The van der Waals surface area contributed by atoms with Crippen LogP contribution in [-0.4, -0.2) is 30.3 Å². The fraction of sp³-hybridized carbons (Fsp3) is 0.615. The number of ether oxygens (including phenoxy) is 2. The van der Waals surface area contributed by atoms with Crippen molar-refractivity contribution < 1.29 is 9.47 Å². The van der Waals surface area contributed by atoms with Crippen LogP contribution in [0.15, 0.2) is 18.5 Å². The van der Waals surface area contributed by atoms with E-state index in [0.29, 0.717) is 13.2 Å². The zero-order valence-corrected chi connectivity index (χ0v) is 11.1. The van der Waals surface area contributed by atoms with Gasteiger partial charge in [0.1, 0.15) is 12.4 Å². The Kier molecular flexibility index (Phi) is 5.22. The zero-order chi connectivity index (χ0) is 12.7. The first-order valence-corrected chi connectivity index (χ1v) is 5.97. The Morgan fingerprint density at radius 3 is 2.65 bits per heavy atom. The summed E-state index contributed by atoms with van der Waals surface area (Å²) in [4.78, 5) is 4.10. The molecular weight excluding hydrogens is 216 g/mol. The molecule has 4 heteroatoms. The Labute approximate surface area is 103 Å². The highest BCUT2D eigenvalue weighted by Crippen LogP contribution is 2.15. The maximum absolute atomic E-state index is 5.57. The van der Waals surface area contributed by atoms with E-state index in [1.165, 1.54) is 0 Å². The van der Waals surface area contributed by atoms with Crippen LogP contribution in [0.25, 0.3) is 0 Å². The summed E-state index contributed by atoms with van der Waals surface area (Å²) in [6.07, 6.45) is 3.49. The fourth-order valence-electron chi connectivity index (χ4n) is 1.31. The first-order chi connectivity index (χ1) is 8.01. The predicted molar refractivity (Wildman–Crippen MR) is 69.6 cm³/mol. The van der Waals surface area contributed by atoms with Crippen molar-refractivity contribution in [3.63, 3.8) is 0 Å². The summed E-state index contributed by atoms with van der Waals surface area (Å²) in [6.45, 7) is 10.1. The van der Waals surface area contributed by atoms with Crippen LogP contribution >= 0.6 is 0 Å². The molecule has 0 aromatic carbocycles. The second kappa shape index (κ2) is 6.45. The summed E-state index contributed by atoms with van der Waals surface area (Å²) in [5.41, 5.74) is 0.856. The average Bonchev–Trinajstić information content (AvgIpc) is 2.24. The molecule has 0 spiro atoms. The number of aromatic nitrogens is 1. The second-order valence-corrected chi connectivity index (χ2v) is 4.75. The van der Waals surface area contributed by atoms with Crippen molar-refractivity contribution in [1.82, 2.24) is 4.98 Å². The van der Waals surface area contributed by atoms with Crippen LogP contribution in [-0.2, 0) is 4.74 Å². The molecule has 1 rings (SSSR count). The van der Waals surface area contributed by atoms with Gasteiger partial charge in [0.2, 0.25) is 0 Å². The number of anilines is 1. The third kappa shape index (κ3) is 6.12. The van der Waals surface area contributed by atoms with Crippen molar-refractivity contribution in [2.45, 2.75) is 33.3 Å². The van der Waals surface area contributed by atoms with E-state index in [2.05, 4.69) is 10.3 Å². The molecule has 0 bridgehead atoms. The molecule has 0 saturated carbocycles. The van der Waals surface area contributed by atoms with Crippen LogP contribution in [0, 0.1) is 0 Å². The van der Waals surface area contributed by atoms with Gasteiger partial charge in [-0.2, -0.15) is 0 Å². The minimum absolute atomic E-state index is 0.118. The zero-order valence-electron chi connectivity index (χ0n) is 11.1. The summed E-state index contributed by atoms with van der Waals surface area (Å²) in [5.74, 6) is 0.765. The van der Waals surface area contributed by atoms with Crippen LogP contribution in [0.5, 0.6) is 5.75 Å². The van der Waals surface area contributed by atoms with Gasteiger partial charge in [-0.15, -0.1) is 0 Å². The third-order valence-electron chi connectivity index (χ3n) is 1.98. The van der Waals surface area contributed by atoms with Gasteiger partial charge in [0.05, 0.1) is 30.3 Å². The molecule has 0 atom stereocenters. The van der Waals surface area contributed by atoms with E-state index in [1.54, 1.807) is 12.4 Å². The first-order valence-electron chi connectivity index (χ1n) is 5.97. The van der Waals surface area contributed by atoms with E-state index >= 15 is 0 Å². The molecule has 0 aliphatic carbocycles. The van der Waals surface area contributed by atoms with Gasteiger partial charge >= 0.3 is 0 Å². The van der Waals surface area contributed by atoms with E-state index in [4.69, 9.17) is 9.47 Å². The van der Waals surface area contributed by atoms with Gasteiger partial charge in [0.15, 0.2) is 0 Å². The summed E-state index contributed by atoms with van der Waals surface area (Å²) < 4.78 is 11.1. The van der Waals surface area contributed by atoms with Crippen molar-refractivity contribution in [2.75, 3.05) is 25.1 Å². The van der Waals surface area contributed by atoms with Gasteiger partial charge in [0, 0.05) is 12.6 Å². The Bertz CT molecular complexity index is 334. The smallest absolute Gasteiger partial charge is 0.139 e. The van der Waals surface area contributed by atoms with Gasteiger partial charge in [-0.25, -0.2) is 0 Å². The lowest BCUT2D eigenvalue weighted by Gasteiger charge is -2.19. The summed E-state index contributed by atoms with van der Waals surface area (Å²) in [7, 11) is 0. The molecule has 0 aliphatic rings. The van der Waals surface area contributed by atoms with Crippen LogP contribution in [0.3, 0.4) is 0 Å². The van der Waals surface area contributed by atoms with E-state index < -0.39 is 0 Å². The molecule has 0 amide bonds. The molecule has 1 N–H and O–H groups in total. The molecule has 17 heavy (non-hydrogen) atoms. The van der Waals surface area contributed by atoms with Crippen LogP contribution in [0.4, 0.5) is 5.69 Å². The number of nitrogens with one attached hydrogen (secondary N) is 1. The fourth-order valence-corrected chi connectivity index (χ4v) is 1.31. The van der Waals surface area contributed by atoms with E-state index in [1.807, 2.05) is 33.8 Å². The van der Waals surface area contributed by atoms with Gasteiger partial charge in [-0.1, -0.05) is 0 Å². The van der Waals surface area contributed by atoms with Crippen LogP contribution in [0.1, 0.15) is 27.7 Å². The van der Waals surface area contributed by atoms with Crippen molar-refractivity contribution in [3.8, 4) is 5.75 Å². The van der Waals surface area contributed by atoms with Crippen LogP contribution in [0.2, 0.25) is 0 Å². The lowest BCUT2D eigenvalue weighted by molar-refractivity contribution is -0.0163. The Morgan fingerprint density at radius 1 is 1.24 bits per heavy atom. The summed E-state index contributed by atoms with van der Waals surface area (Å²) in [5, 5.41) is 3.19. The van der Waals surface area contributed by atoms with Gasteiger partial charge < -0.3 is 14.8 Å². The molecule has 1 aromatic rings. The van der Waals surface area contributed by atoms with Crippen molar-refractivity contribution in [2.24, 2.45) is 0 Å². The highest BCUT2D eigenvalue weighted by Gasteiger charge is 2.09. The number of hydrogen-bond acceptors (Lipinski definition) is 4. The maximum atomic E-state index is 5.57. The molecule has 0 fully saturated rings. The van der Waals surface area contributed by atoms with E-state index in [0.717, 1.165) is 18.0 Å². The van der Waals surface area contributed by atoms with E-state index in [9.17, 15) is 0 Å². The third-order valence-corrected chi connectivity index (χ3v) is 1.98. The normalized spacial score (nSPS) is 11.3. The maximum Gasteiger partial charge on any atom is 0.139 e. The minimum atomic E-state index is -0.118. The molecule has 1 heterocycles. The Hall–Kier alpha value is -1.29. The molecule has 0 radical (unpaired) electrons. The lowest BCUT2D eigenvalue weighted by Crippen LogP contribution is -2.22. The topological polar surface area (TPSA) is 43.4 Å². The predicted octanol–water partition coefficient (Wildman–Crippen LogP) is 2.71. The number of pyridine rings is 1. The molecule has 0 saturated heterocycles. The standard InChI is InChI=1S/C13H22N2O2/c1-5-15-11-8-12(10-14-9-11)16-6-7-17-13(2,3)4/h8-10,15H,5-7H2,1-4H3. The van der Waals surface area contributed by atoms with Crippen LogP contribution < -0.4 is 10.1 Å². The van der Waals surface area contributed by atoms with Crippen molar-refractivity contribution in [1.29, 1.82) is 0 Å². The van der Waals surface area contributed by atoms with Crippen molar-refractivity contribution >= 4 is 5.69 Å². The molecule has 4 nitrogen and oxygen atoms in total. The average molecular weight is 238 g/mol. The Morgan fingerprint density at radius 2 is 2.00 bits per heavy atom. The molecule has 0 aliphatic heterocycles. The number of nitrogens with zero attached hydrogens (tertiary/aromatic N) is 1. The number of rotatable bonds is 6. The minimum Gasteiger partial charge on any atom is -0.489 e. The molecule has 1 aromatic heterocycles. The summed E-state index contributed by atoms with van der Waals surface area (Å²) in [6, 6.07) is 1.94. The van der Waals surface area contributed by atoms with Crippen molar-refractivity contribution in [3.05, 3.63) is 18.5 Å². The van der Waals surface area contributed by atoms with E-state index in [-0.39, 0.29) is 5.60 Å². The monoisotopic (exact) mass is 238 g/mol. The first kappa shape index (κ1) is 13.8. The second-order valence-electron chi connectivity index (χ2n) is 4.75. The van der Waals surface area contributed by atoms with Gasteiger partial charge in [-0.05, 0) is 27.7 Å². The lowest BCUT2D eigenvalue weighted by atomic mass is 10.2.